The summed E-state index contributed by atoms with van der Waals surface area (Å²) in [7, 11) is 0. The van der Waals surface area contributed by atoms with Gasteiger partial charge in [-0.3, -0.25) is 19.3 Å². The molecule has 1 saturated heterocycles. The van der Waals surface area contributed by atoms with Gasteiger partial charge in [-0.1, -0.05) is 42.5 Å². The molecule has 3 amide bonds. The van der Waals surface area contributed by atoms with Gasteiger partial charge in [-0.05, 0) is 42.5 Å². The summed E-state index contributed by atoms with van der Waals surface area (Å²) < 4.78 is 5.45. The lowest BCUT2D eigenvalue weighted by Crippen LogP contribution is -2.37. The van der Waals surface area contributed by atoms with E-state index in [1.165, 1.54) is 0 Å². The summed E-state index contributed by atoms with van der Waals surface area (Å²) in [5.74, 6) is -0.155. The first kappa shape index (κ1) is 19.7. The smallest absolute Gasteiger partial charge is 0.293 e. The number of hydrogen-bond donors (Lipinski definition) is 1. The van der Waals surface area contributed by atoms with Crippen LogP contribution in [-0.2, 0) is 4.79 Å². The number of nitrogens with one attached hydrogen (secondary N) is 1. The molecule has 0 unspecified atom stereocenters. The van der Waals surface area contributed by atoms with Crippen LogP contribution < -0.4 is 10.1 Å². The number of carbonyl (C=O) groups excluding carboxylic acids is 3. The van der Waals surface area contributed by atoms with Gasteiger partial charge in [-0.25, -0.2) is 0 Å². The first-order valence-electron chi connectivity index (χ1n) is 8.90. The molecule has 0 atom stereocenters. The van der Waals surface area contributed by atoms with E-state index in [9.17, 15) is 14.4 Å². The Hall–Kier alpha value is -3.06. The summed E-state index contributed by atoms with van der Waals surface area (Å²) in [5.41, 5.74) is 1.27. The van der Waals surface area contributed by atoms with Crippen LogP contribution in [-0.4, -0.2) is 41.6 Å². The minimum absolute atomic E-state index is 0.110. The third kappa shape index (κ3) is 4.61. The lowest BCUT2D eigenvalue weighted by atomic mass is 10.2. The molecule has 1 aliphatic heterocycles. The molecule has 1 N–H and O–H groups in total. The van der Waals surface area contributed by atoms with Gasteiger partial charge in [0.25, 0.3) is 17.1 Å². The second-order valence-electron chi connectivity index (χ2n) is 5.93. The highest BCUT2D eigenvalue weighted by Gasteiger charge is 2.34. The Morgan fingerprint density at radius 3 is 2.57 bits per heavy atom. The Morgan fingerprint density at radius 2 is 1.82 bits per heavy atom. The van der Waals surface area contributed by atoms with Gasteiger partial charge in [0.05, 0.1) is 17.1 Å². The Bertz CT molecular complexity index is 912. The Kier molecular flexibility index (Phi) is 6.49. The van der Waals surface area contributed by atoms with E-state index < -0.39 is 0 Å². The average Bonchev–Trinajstić information content (AvgIpc) is 2.96. The highest BCUT2D eigenvalue weighted by molar-refractivity contribution is 8.18. The summed E-state index contributed by atoms with van der Waals surface area (Å²) in [6.45, 7) is 2.57. The number of thioether (sulfide) groups is 1. The molecular weight excluding hydrogens is 376 g/mol. The van der Waals surface area contributed by atoms with Crippen molar-refractivity contribution in [2.45, 2.75) is 6.92 Å². The van der Waals surface area contributed by atoms with Gasteiger partial charge in [0.15, 0.2) is 0 Å². The van der Waals surface area contributed by atoms with Gasteiger partial charge in [-0.15, -0.1) is 0 Å². The summed E-state index contributed by atoms with van der Waals surface area (Å²) >= 11 is 0.907. The minimum Gasteiger partial charge on any atom is -0.493 e. The third-order valence-electron chi connectivity index (χ3n) is 4.02. The molecule has 6 nitrogen and oxygen atoms in total. The number of ether oxygens (including phenoxy) is 1. The summed E-state index contributed by atoms with van der Waals surface area (Å²) in [6.07, 6.45) is 1.70. The molecule has 2 aromatic carbocycles. The normalized spacial score (nSPS) is 15.2. The maximum absolute atomic E-state index is 12.5. The zero-order chi connectivity index (χ0) is 19.9. The molecule has 1 aliphatic rings. The van der Waals surface area contributed by atoms with Gasteiger partial charge in [0.1, 0.15) is 5.75 Å². The molecule has 7 heteroatoms. The van der Waals surface area contributed by atoms with Crippen LogP contribution in [0.3, 0.4) is 0 Å². The number of benzene rings is 2. The van der Waals surface area contributed by atoms with Crippen molar-refractivity contribution in [3.63, 3.8) is 0 Å². The number of amides is 3. The van der Waals surface area contributed by atoms with E-state index in [0.717, 1.165) is 22.2 Å². The van der Waals surface area contributed by atoms with Crippen molar-refractivity contribution in [3.05, 3.63) is 70.6 Å². The second kappa shape index (κ2) is 9.23. The molecule has 0 aliphatic carbocycles. The largest absolute Gasteiger partial charge is 0.493 e. The van der Waals surface area contributed by atoms with Gasteiger partial charge in [0, 0.05) is 13.1 Å². The highest BCUT2D eigenvalue weighted by atomic mass is 32.2. The van der Waals surface area contributed by atoms with Crippen molar-refractivity contribution in [1.82, 2.24) is 10.2 Å². The molecule has 0 bridgehead atoms. The van der Waals surface area contributed by atoms with Gasteiger partial charge < -0.3 is 10.1 Å². The van der Waals surface area contributed by atoms with E-state index >= 15 is 0 Å². The van der Waals surface area contributed by atoms with Crippen LogP contribution in [0.1, 0.15) is 22.8 Å². The average molecular weight is 396 g/mol. The lowest BCUT2D eigenvalue weighted by molar-refractivity contribution is -0.122. The molecule has 3 rings (SSSR count). The van der Waals surface area contributed by atoms with Crippen LogP contribution in [0, 0.1) is 0 Å². The van der Waals surface area contributed by atoms with Crippen molar-refractivity contribution in [2.24, 2.45) is 0 Å². The van der Waals surface area contributed by atoms with Crippen LogP contribution >= 0.6 is 11.8 Å². The molecule has 0 spiro atoms. The highest BCUT2D eigenvalue weighted by Crippen LogP contribution is 2.31. The third-order valence-corrected chi connectivity index (χ3v) is 4.93. The van der Waals surface area contributed by atoms with Crippen LogP contribution in [0.25, 0.3) is 6.08 Å². The molecule has 144 valence electrons. The van der Waals surface area contributed by atoms with Crippen LogP contribution in [0.5, 0.6) is 5.75 Å². The zero-order valence-corrected chi connectivity index (χ0v) is 16.2. The molecule has 0 radical (unpaired) electrons. The predicted octanol–water partition coefficient (Wildman–Crippen LogP) is 3.55. The quantitative estimate of drug-likeness (QED) is 0.725. The van der Waals surface area contributed by atoms with E-state index in [1.54, 1.807) is 30.3 Å². The van der Waals surface area contributed by atoms with Crippen molar-refractivity contribution < 1.29 is 19.1 Å². The summed E-state index contributed by atoms with van der Waals surface area (Å²) in [6, 6.07) is 16.3. The van der Waals surface area contributed by atoms with E-state index in [0.29, 0.717) is 22.8 Å². The lowest BCUT2D eigenvalue weighted by Gasteiger charge is -2.14. The van der Waals surface area contributed by atoms with Crippen molar-refractivity contribution in [1.29, 1.82) is 0 Å². The standard InChI is InChI=1S/C21H20N2O4S/c1-2-27-17-11-7-6-10-16(17)19(24)22-12-13-23-20(25)18(28-21(23)26)14-15-8-4-3-5-9-15/h3-11,14H,2,12-13H2,1H3,(H,22,24). The van der Waals surface area contributed by atoms with E-state index in [4.69, 9.17) is 4.74 Å². The number of carbonyl (C=O) groups is 3. The number of hydrogen-bond acceptors (Lipinski definition) is 5. The Balaban J connectivity index is 1.59. The molecule has 1 fully saturated rings. The molecule has 0 saturated carbocycles. The fourth-order valence-electron chi connectivity index (χ4n) is 2.71. The van der Waals surface area contributed by atoms with Crippen LogP contribution in [0.4, 0.5) is 4.79 Å². The van der Waals surface area contributed by atoms with Crippen molar-refractivity contribution in [3.8, 4) is 5.75 Å². The molecule has 0 aromatic heterocycles. The van der Waals surface area contributed by atoms with Crippen molar-refractivity contribution >= 4 is 34.9 Å². The molecule has 28 heavy (non-hydrogen) atoms. The van der Waals surface area contributed by atoms with Gasteiger partial charge >= 0.3 is 0 Å². The molecule has 1 heterocycles. The maximum Gasteiger partial charge on any atom is 0.293 e. The Labute approximate surface area is 167 Å². The Morgan fingerprint density at radius 1 is 1.11 bits per heavy atom. The van der Waals surface area contributed by atoms with E-state index in [2.05, 4.69) is 5.32 Å². The summed E-state index contributed by atoms with van der Waals surface area (Å²) in [4.78, 5) is 38.6. The summed E-state index contributed by atoms with van der Waals surface area (Å²) in [5, 5.41) is 2.40. The van der Waals surface area contributed by atoms with E-state index in [1.807, 2.05) is 37.3 Å². The van der Waals surface area contributed by atoms with Crippen LogP contribution in [0.2, 0.25) is 0 Å². The minimum atomic E-state index is -0.345. The SMILES string of the molecule is CCOc1ccccc1C(=O)NCCN1C(=O)SC(=Cc2ccccc2)C1=O. The number of para-hydroxylation sites is 1. The maximum atomic E-state index is 12.5. The fourth-order valence-corrected chi connectivity index (χ4v) is 3.57. The van der Waals surface area contributed by atoms with Crippen LogP contribution in [0.15, 0.2) is 59.5 Å². The van der Waals surface area contributed by atoms with Crippen molar-refractivity contribution in [2.75, 3.05) is 19.7 Å². The predicted molar refractivity (Wildman–Crippen MR) is 109 cm³/mol. The molecular formula is C21H20N2O4S. The number of imide groups is 1. The number of nitrogens with zero attached hydrogens (tertiary/aromatic N) is 1. The monoisotopic (exact) mass is 396 g/mol. The zero-order valence-electron chi connectivity index (χ0n) is 15.4. The molecule has 2 aromatic rings. The number of rotatable bonds is 7. The first-order valence-corrected chi connectivity index (χ1v) is 9.72. The van der Waals surface area contributed by atoms with Gasteiger partial charge in [-0.2, -0.15) is 0 Å². The first-order chi connectivity index (χ1) is 13.6. The van der Waals surface area contributed by atoms with Gasteiger partial charge in [0.2, 0.25) is 0 Å². The van der Waals surface area contributed by atoms with E-state index in [-0.39, 0.29) is 30.1 Å². The fraction of sp³-hybridized carbons (Fsp3) is 0.190. The topological polar surface area (TPSA) is 75.7 Å². The second-order valence-corrected chi connectivity index (χ2v) is 6.92.